The van der Waals surface area contributed by atoms with Crippen LogP contribution in [0.15, 0.2) is 0 Å². The summed E-state index contributed by atoms with van der Waals surface area (Å²) in [7, 11) is 0. The second kappa shape index (κ2) is 6.38. The second-order valence-corrected chi connectivity index (χ2v) is 6.50. The van der Waals surface area contributed by atoms with Crippen LogP contribution < -0.4 is 5.32 Å². The van der Waals surface area contributed by atoms with Crippen molar-refractivity contribution < 1.29 is 4.74 Å². The number of hydrogen-bond donors (Lipinski definition) is 1. The molecule has 0 radical (unpaired) electrons. The van der Waals surface area contributed by atoms with Gasteiger partial charge in [0.1, 0.15) is 0 Å². The normalized spacial score (nSPS) is 37.5. The lowest BCUT2D eigenvalue weighted by Gasteiger charge is -2.54. The van der Waals surface area contributed by atoms with Crippen LogP contribution in [-0.2, 0) is 4.74 Å². The Labute approximate surface area is 113 Å². The highest BCUT2D eigenvalue weighted by molar-refractivity contribution is 5.04. The van der Waals surface area contributed by atoms with Gasteiger partial charge in [0.05, 0.1) is 6.10 Å². The molecular weight excluding hydrogens is 222 g/mol. The van der Waals surface area contributed by atoms with Crippen molar-refractivity contribution in [3.63, 3.8) is 0 Å². The molecule has 2 aliphatic rings. The van der Waals surface area contributed by atoms with E-state index >= 15 is 0 Å². The van der Waals surface area contributed by atoms with E-state index in [2.05, 4.69) is 26.1 Å². The van der Waals surface area contributed by atoms with Gasteiger partial charge in [0.25, 0.3) is 0 Å². The Morgan fingerprint density at radius 1 is 1.17 bits per heavy atom. The summed E-state index contributed by atoms with van der Waals surface area (Å²) in [6, 6.07) is 0.681. The number of hydrogen-bond acceptors (Lipinski definition) is 2. The monoisotopic (exact) mass is 253 g/mol. The van der Waals surface area contributed by atoms with E-state index in [1.54, 1.807) is 0 Å². The van der Waals surface area contributed by atoms with E-state index in [1.165, 1.54) is 51.5 Å². The van der Waals surface area contributed by atoms with Crippen LogP contribution in [0, 0.1) is 11.3 Å². The van der Waals surface area contributed by atoms with Gasteiger partial charge in [0.2, 0.25) is 0 Å². The first-order valence-electron chi connectivity index (χ1n) is 8.05. The van der Waals surface area contributed by atoms with Crippen LogP contribution in [-0.4, -0.2) is 25.3 Å². The Morgan fingerprint density at radius 3 is 2.50 bits per heavy atom. The van der Waals surface area contributed by atoms with E-state index in [1.807, 2.05) is 0 Å². The predicted octanol–water partition coefficient (Wildman–Crippen LogP) is 3.75. The van der Waals surface area contributed by atoms with Crippen molar-refractivity contribution in [2.24, 2.45) is 11.3 Å². The molecule has 0 aromatic rings. The minimum absolute atomic E-state index is 0.366. The summed E-state index contributed by atoms with van der Waals surface area (Å²) in [4.78, 5) is 0. The molecule has 1 N–H and O–H groups in total. The van der Waals surface area contributed by atoms with Gasteiger partial charge in [-0.1, -0.05) is 33.1 Å². The van der Waals surface area contributed by atoms with Crippen LogP contribution >= 0.6 is 0 Å². The fourth-order valence-electron chi connectivity index (χ4n) is 3.77. The molecular formula is C16H31NO. The van der Waals surface area contributed by atoms with E-state index in [4.69, 9.17) is 4.74 Å². The van der Waals surface area contributed by atoms with Crippen molar-refractivity contribution in [1.29, 1.82) is 0 Å². The molecule has 0 aromatic heterocycles. The van der Waals surface area contributed by atoms with Gasteiger partial charge in [0, 0.05) is 18.1 Å². The zero-order chi connectivity index (χ0) is 13.0. The van der Waals surface area contributed by atoms with Gasteiger partial charge >= 0.3 is 0 Å². The topological polar surface area (TPSA) is 21.3 Å². The maximum absolute atomic E-state index is 5.87. The summed E-state index contributed by atoms with van der Waals surface area (Å²) < 4.78 is 5.87. The van der Waals surface area contributed by atoms with Crippen molar-refractivity contribution >= 4 is 0 Å². The third-order valence-electron chi connectivity index (χ3n) is 5.49. The average Bonchev–Trinajstić information content (AvgIpc) is 2.42. The molecule has 2 saturated carbocycles. The maximum Gasteiger partial charge on any atom is 0.0658 e. The molecule has 0 saturated heterocycles. The quantitative estimate of drug-likeness (QED) is 0.778. The van der Waals surface area contributed by atoms with Gasteiger partial charge in [0.15, 0.2) is 0 Å². The minimum atomic E-state index is 0.366. The molecule has 0 bridgehead atoms. The van der Waals surface area contributed by atoms with Crippen molar-refractivity contribution in [2.45, 2.75) is 77.9 Å². The molecule has 3 atom stereocenters. The van der Waals surface area contributed by atoms with Crippen LogP contribution in [0.4, 0.5) is 0 Å². The molecule has 2 aliphatic carbocycles. The first-order chi connectivity index (χ1) is 8.70. The average molecular weight is 253 g/mol. The molecule has 2 heteroatoms. The molecule has 0 amide bonds. The fourth-order valence-corrected chi connectivity index (χ4v) is 3.77. The molecule has 2 rings (SSSR count). The Bertz CT molecular complexity index is 249. The van der Waals surface area contributed by atoms with Gasteiger partial charge in [-0.05, 0) is 45.1 Å². The lowest BCUT2D eigenvalue weighted by molar-refractivity contribution is -0.126. The molecule has 3 unspecified atom stereocenters. The van der Waals surface area contributed by atoms with E-state index in [-0.39, 0.29) is 0 Å². The lowest BCUT2D eigenvalue weighted by Crippen LogP contribution is -2.62. The zero-order valence-corrected chi connectivity index (χ0v) is 12.5. The van der Waals surface area contributed by atoms with Crippen molar-refractivity contribution in [1.82, 2.24) is 5.32 Å². The SMILES string of the molecule is CCOC1CC(NCC2CCCCC2)C1(C)CC. The molecule has 0 aromatic carbocycles. The lowest BCUT2D eigenvalue weighted by atomic mass is 9.61. The van der Waals surface area contributed by atoms with Gasteiger partial charge in [-0.3, -0.25) is 0 Å². The largest absolute Gasteiger partial charge is 0.378 e. The molecule has 2 nitrogen and oxygen atoms in total. The molecule has 0 spiro atoms. The van der Waals surface area contributed by atoms with Gasteiger partial charge in [-0.15, -0.1) is 0 Å². The Kier molecular flexibility index (Phi) is 5.08. The van der Waals surface area contributed by atoms with Crippen LogP contribution in [0.5, 0.6) is 0 Å². The number of ether oxygens (including phenoxy) is 1. The summed E-state index contributed by atoms with van der Waals surface area (Å²) >= 11 is 0. The zero-order valence-electron chi connectivity index (χ0n) is 12.5. The van der Waals surface area contributed by atoms with Gasteiger partial charge < -0.3 is 10.1 Å². The smallest absolute Gasteiger partial charge is 0.0658 e. The van der Waals surface area contributed by atoms with Crippen LogP contribution in [0.3, 0.4) is 0 Å². The fraction of sp³-hybridized carbons (Fsp3) is 1.00. The van der Waals surface area contributed by atoms with Crippen molar-refractivity contribution in [2.75, 3.05) is 13.2 Å². The van der Waals surface area contributed by atoms with E-state index in [0.29, 0.717) is 17.6 Å². The summed E-state index contributed by atoms with van der Waals surface area (Å²) in [5.41, 5.74) is 0.366. The summed E-state index contributed by atoms with van der Waals surface area (Å²) in [6.07, 6.45) is 10.2. The highest BCUT2D eigenvalue weighted by Gasteiger charge is 2.50. The predicted molar refractivity (Wildman–Crippen MR) is 76.8 cm³/mol. The summed E-state index contributed by atoms with van der Waals surface area (Å²) in [6.45, 7) is 8.91. The first kappa shape index (κ1) is 14.3. The number of nitrogens with one attached hydrogen (secondary N) is 1. The number of rotatable bonds is 6. The molecule has 106 valence electrons. The Balaban J connectivity index is 1.76. The highest BCUT2D eigenvalue weighted by Crippen LogP contribution is 2.46. The molecule has 18 heavy (non-hydrogen) atoms. The van der Waals surface area contributed by atoms with Gasteiger partial charge in [-0.25, -0.2) is 0 Å². The van der Waals surface area contributed by atoms with Gasteiger partial charge in [-0.2, -0.15) is 0 Å². The van der Waals surface area contributed by atoms with Crippen LogP contribution in [0.1, 0.15) is 65.7 Å². The van der Waals surface area contributed by atoms with E-state index in [0.717, 1.165) is 12.5 Å². The Hall–Kier alpha value is -0.0800. The molecule has 0 heterocycles. The third-order valence-corrected chi connectivity index (χ3v) is 5.49. The standard InChI is InChI=1S/C16H31NO/c1-4-16(3)14(11-15(16)18-5-2)17-12-13-9-7-6-8-10-13/h13-15,17H,4-12H2,1-3H3. The van der Waals surface area contributed by atoms with E-state index in [9.17, 15) is 0 Å². The Morgan fingerprint density at radius 2 is 1.89 bits per heavy atom. The van der Waals surface area contributed by atoms with Crippen LogP contribution in [0.2, 0.25) is 0 Å². The second-order valence-electron chi connectivity index (χ2n) is 6.50. The first-order valence-corrected chi connectivity index (χ1v) is 8.05. The summed E-state index contributed by atoms with van der Waals surface area (Å²) in [5.74, 6) is 0.936. The third kappa shape index (κ3) is 2.91. The minimum Gasteiger partial charge on any atom is -0.378 e. The maximum atomic E-state index is 5.87. The van der Waals surface area contributed by atoms with Crippen LogP contribution in [0.25, 0.3) is 0 Å². The van der Waals surface area contributed by atoms with E-state index < -0.39 is 0 Å². The van der Waals surface area contributed by atoms with Crippen molar-refractivity contribution in [3.05, 3.63) is 0 Å². The summed E-state index contributed by atoms with van der Waals surface area (Å²) in [5, 5.41) is 3.84. The molecule has 0 aliphatic heterocycles. The molecule has 2 fully saturated rings. The van der Waals surface area contributed by atoms with Crippen molar-refractivity contribution in [3.8, 4) is 0 Å². The highest BCUT2D eigenvalue weighted by atomic mass is 16.5.